The van der Waals surface area contributed by atoms with E-state index in [9.17, 15) is 9.18 Å². The van der Waals surface area contributed by atoms with Crippen molar-refractivity contribution in [2.24, 2.45) is 0 Å². The quantitative estimate of drug-likeness (QED) is 0.878. The molecule has 1 aromatic carbocycles. The highest BCUT2D eigenvalue weighted by molar-refractivity contribution is 5.76. The Bertz CT molecular complexity index is 691. The number of rotatable bonds is 6. The summed E-state index contributed by atoms with van der Waals surface area (Å²) in [6.07, 6.45) is 2.98. The van der Waals surface area contributed by atoms with E-state index in [-0.39, 0.29) is 23.9 Å². The van der Waals surface area contributed by atoms with Crippen LogP contribution in [0.1, 0.15) is 31.9 Å². The van der Waals surface area contributed by atoms with Crippen LogP contribution in [0.25, 0.3) is 11.3 Å². The summed E-state index contributed by atoms with van der Waals surface area (Å²) in [6.45, 7) is 2.74. The number of halogens is 1. The molecule has 1 N–H and O–H groups in total. The van der Waals surface area contributed by atoms with Gasteiger partial charge in [-0.15, -0.1) is 0 Å². The number of carbonyl (C=O) groups is 1. The van der Waals surface area contributed by atoms with Crippen molar-refractivity contribution in [1.82, 2.24) is 5.32 Å². The monoisotopic (exact) mass is 331 g/mol. The Morgan fingerprint density at radius 2 is 2.17 bits per heavy atom. The van der Waals surface area contributed by atoms with E-state index in [1.165, 1.54) is 6.07 Å². The number of ether oxygens (including phenoxy) is 1. The van der Waals surface area contributed by atoms with Gasteiger partial charge in [0.15, 0.2) is 0 Å². The largest absolute Gasteiger partial charge is 0.461 e. The number of hydrogen-bond acceptors (Lipinski definition) is 3. The molecule has 1 aromatic heterocycles. The molecule has 0 spiro atoms. The first-order valence-electron chi connectivity index (χ1n) is 8.38. The lowest BCUT2D eigenvalue weighted by Crippen LogP contribution is -2.40. The second-order valence-corrected chi connectivity index (χ2v) is 6.15. The molecule has 4 nitrogen and oxygen atoms in total. The highest BCUT2D eigenvalue weighted by atomic mass is 19.1. The Morgan fingerprint density at radius 3 is 2.92 bits per heavy atom. The molecule has 3 rings (SSSR count). The number of carbonyl (C=O) groups excluding carboxylic acids is 1. The second kappa shape index (κ2) is 7.62. The van der Waals surface area contributed by atoms with Gasteiger partial charge in [-0.3, -0.25) is 4.79 Å². The number of furan rings is 1. The summed E-state index contributed by atoms with van der Waals surface area (Å²) in [5, 5.41) is 2.97. The highest BCUT2D eigenvalue weighted by Crippen LogP contribution is 2.25. The van der Waals surface area contributed by atoms with Gasteiger partial charge in [0.1, 0.15) is 17.3 Å². The van der Waals surface area contributed by atoms with Crippen LogP contribution in [0.3, 0.4) is 0 Å². The van der Waals surface area contributed by atoms with Gasteiger partial charge in [-0.25, -0.2) is 4.39 Å². The van der Waals surface area contributed by atoms with Crippen molar-refractivity contribution in [2.45, 2.75) is 44.8 Å². The van der Waals surface area contributed by atoms with Crippen LogP contribution in [0.2, 0.25) is 0 Å². The first-order chi connectivity index (χ1) is 11.6. The van der Waals surface area contributed by atoms with Gasteiger partial charge >= 0.3 is 0 Å². The van der Waals surface area contributed by atoms with E-state index in [4.69, 9.17) is 9.15 Å². The minimum atomic E-state index is -0.318. The summed E-state index contributed by atoms with van der Waals surface area (Å²) in [6, 6.07) is 10.0. The minimum Gasteiger partial charge on any atom is -0.461 e. The van der Waals surface area contributed by atoms with Gasteiger partial charge in [0.05, 0.1) is 17.7 Å². The normalized spacial score (nSPS) is 18.5. The summed E-state index contributed by atoms with van der Waals surface area (Å²) in [5.41, 5.74) is 0.431. The molecular formula is C19H22FNO3. The van der Waals surface area contributed by atoms with Gasteiger partial charge in [-0.2, -0.15) is 0 Å². The molecule has 0 unspecified atom stereocenters. The Kier molecular flexibility index (Phi) is 5.30. The molecular weight excluding hydrogens is 309 g/mol. The van der Waals surface area contributed by atoms with Gasteiger partial charge < -0.3 is 14.5 Å². The van der Waals surface area contributed by atoms with E-state index < -0.39 is 0 Å². The van der Waals surface area contributed by atoms with Crippen LogP contribution in [-0.4, -0.2) is 24.7 Å². The number of hydrogen-bond donors (Lipinski definition) is 1. The molecule has 1 fully saturated rings. The van der Waals surface area contributed by atoms with E-state index in [0.29, 0.717) is 29.9 Å². The van der Waals surface area contributed by atoms with Crippen LogP contribution in [0.5, 0.6) is 0 Å². The lowest BCUT2D eigenvalue weighted by molar-refractivity contribution is -0.122. The maximum atomic E-state index is 13.8. The lowest BCUT2D eigenvalue weighted by atomic mass is 10.1. The lowest BCUT2D eigenvalue weighted by Gasteiger charge is -2.19. The summed E-state index contributed by atoms with van der Waals surface area (Å²) in [5.74, 6) is 0.813. The summed E-state index contributed by atoms with van der Waals surface area (Å²) in [7, 11) is 0. The fraction of sp³-hybridized carbons (Fsp3) is 0.421. The second-order valence-electron chi connectivity index (χ2n) is 6.15. The molecule has 0 saturated carbocycles. The Morgan fingerprint density at radius 1 is 1.33 bits per heavy atom. The highest BCUT2D eigenvalue weighted by Gasteiger charge is 2.23. The van der Waals surface area contributed by atoms with Crippen LogP contribution < -0.4 is 5.32 Å². The fourth-order valence-corrected chi connectivity index (χ4v) is 2.97. The van der Waals surface area contributed by atoms with E-state index in [0.717, 1.165) is 19.4 Å². The van der Waals surface area contributed by atoms with E-state index in [2.05, 4.69) is 5.32 Å². The van der Waals surface area contributed by atoms with Gasteiger partial charge in [0.2, 0.25) is 5.91 Å². The molecule has 5 heteroatoms. The topological polar surface area (TPSA) is 51.5 Å². The Labute approximate surface area is 141 Å². The Hall–Kier alpha value is -2.14. The molecule has 2 aromatic rings. The average molecular weight is 331 g/mol. The molecule has 2 atom stereocenters. The molecule has 1 aliphatic heterocycles. The van der Waals surface area contributed by atoms with Crippen molar-refractivity contribution in [3.8, 4) is 11.3 Å². The summed E-state index contributed by atoms with van der Waals surface area (Å²) >= 11 is 0. The average Bonchev–Trinajstić information content (AvgIpc) is 3.25. The van der Waals surface area contributed by atoms with Crippen LogP contribution >= 0.6 is 0 Å². The fourth-order valence-electron chi connectivity index (χ4n) is 2.97. The minimum absolute atomic E-state index is 0.0191. The maximum absolute atomic E-state index is 13.8. The van der Waals surface area contributed by atoms with Crippen molar-refractivity contribution in [3.05, 3.63) is 48.0 Å². The first kappa shape index (κ1) is 16.7. The van der Waals surface area contributed by atoms with E-state index in [1.54, 1.807) is 30.3 Å². The molecule has 1 saturated heterocycles. The predicted molar refractivity (Wildman–Crippen MR) is 89.0 cm³/mol. The van der Waals surface area contributed by atoms with Gasteiger partial charge in [-0.1, -0.05) is 12.1 Å². The molecule has 1 amide bonds. The summed E-state index contributed by atoms with van der Waals surface area (Å²) < 4.78 is 25.0. The zero-order valence-electron chi connectivity index (χ0n) is 13.8. The van der Waals surface area contributed by atoms with Crippen LogP contribution in [0, 0.1) is 5.82 Å². The predicted octanol–water partition coefficient (Wildman–Crippen LogP) is 3.70. The van der Waals surface area contributed by atoms with Crippen LogP contribution in [0.15, 0.2) is 40.8 Å². The van der Waals surface area contributed by atoms with E-state index >= 15 is 0 Å². The van der Waals surface area contributed by atoms with Gasteiger partial charge in [-0.05, 0) is 44.0 Å². The summed E-state index contributed by atoms with van der Waals surface area (Å²) in [4.78, 5) is 12.0. The molecule has 0 radical (unpaired) electrons. The molecule has 24 heavy (non-hydrogen) atoms. The maximum Gasteiger partial charge on any atom is 0.220 e. The van der Waals surface area contributed by atoms with Crippen molar-refractivity contribution < 1.29 is 18.3 Å². The van der Waals surface area contributed by atoms with Crippen molar-refractivity contribution >= 4 is 5.91 Å². The first-order valence-corrected chi connectivity index (χ1v) is 8.38. The number of nitrogens with one attached hydrogen (secondary N) is 1. The zero-order valence-corrected chi connectivity index (χ0v) is 13.8. The third kappa shape index (κ3) is 4.03. The third-order valence-electron chi connectivity index (χ3n) is 4.31. The zero-order chi connectivity index (χ0) is 16.9. The third-order valence-corrected chi connectivity index (χ3v) is 4.31. The molecule has 1 aliphatic rings. The molecule has 0 aliphatic carbocycles. The Balaban J connectivity index is 1.52. The van der Waals surface area contributed by atoms with Crippen molar-refractivity contribution in [1.29, 1.82) is 0 Å². The molecule has 128 valence electrons. The van der Waals surface area contributed by atoms with Gasteiger partial charge in [0, 0.05) is 19.4 Å². The SMILES string of the molecule is C[C@H](NC(=O)CCc1ccc(-c2ccccc2F)o1)[C@@H]1CCCO1. The number of benzene rings is 1. The molecule has 0 bridgehead atoms. The van der Waals surface area contributed by atoms with Crippen LogP contribution in [-0.2, 0) is 16.0 Å². The number of aryl methyl sites for hydroxylation is 1. The van der Waals surface area contributed by atoms with Crippen LogP contribution in [0.4, 0.5) is 4.39 Å². The van der Waals surface area contributed by atoms with Crippen molar-refractivity contribution in [3.63, 3.8) is 0 Å². The smallest absolute Gasteiger partial charge is 0.220 e. The van der Waals surface area contributed by atoms with Crippen molar-refractivity contribution in [2.75, 3.05) is 6.61 Å². The van der Waals surface area contributed by atoms with Gasteiger partial charge in [0.25, 0.3) is 0 Å². The standard InChI is InChI=1S/C19H22FNO3/c1-13(17-7-4-12-23-17)21-19(22)11-9-14-8-10-18(24-14)15-5-2-3-6-16(15)20/h2-3,5-6,8,10,13,17H,4,7,9,11-12H2,1H3,(H,21,22)/t13-,17-/m0/s1. The number of amides is 1. The van der Waals surface area contributed by atoms with E-state index in [1.807, 2.05) is 6.92 Å². The molecule has 2 heterocycles.